The van der Waals surface area contributed by atoms with Crippen molar-refractivity contribution in [1.82, 2.24) is 0 Å². The van der Waals surface area contributed by atoms with E-state index in [1.165, 1.54) is 75.9 Å². The van der Waals surface area contributed by atoms with Crippen LogP contribution in [0.5, 0.6) is 0 Å². The van der Waals surface area contributed by atoms with Crippen LogP contribution in [-0.4, -0.2) is 0 Å². The number of benzene rings is 8. The molecular formula is C50H35NS. The minimum atomic E-state index is -0.280. The maximum Gasteiger partial charge on any atom is 0.0543 e. The van der Waals surface area contributed by atoms with Crippen LogP contribution >= 0.6 is 11.3 Å². The van der Waals surface area contributed by atoms with E-state index >= 15 is 0 Å². The van der Waals surface area contributed by atoms with Crippen molar-refractivity contribution in [3.05, 3.63) is 211 Å². The average molecular weight is 682 g/mol. The van der Waals surface area contributed by atoms with E-state index in [4.69, 9.17) is 0 Å². The van der Waals surface area contributed by atoms with Gasteiger partial charge in [-0.2, -0.15) is 0 Å². The largest absolute Gasteiger partial charge is 0.310 e. The van der Waals surface area contributed by atoms with E-state index in [9.17, 15) is 0 Å². The Hall–Kier alpha value is -6.22. The zero-order valence-electron chi connectivity index (χ0n) is 28.8. The molecule has 0 amide bonds. The lowest BCUT2D eigenvalue weighted by Gasteiger charge is -2.30. The maximum absolute atomic E-state index is 2.47. The van der Waals surface area contributed by atoms with Crippen LogP contribution in [0, 0.1) is 0 Å². The third-order valence-electron chi connectivity index (χ3n) is 11.0. The third-order valence-corrected chi connectivity index (χ3v) is 12.1. The zero-order valence-corrected chi connectivity index (χ0v) is 29.6. The Labute approximate surface area is 308 Å². The Morgan fingerprint density at radius 2 is 0.962 bits per heavy atom. The number of nitrogens with zero attached hydrogens (tertiary/aromatic N) is 1. The first-order valence-corrected chi connectivity index (χ1v) is 18.7. The molecule has 0 N–H and O–H groups in total. The summed E-state index contributed by atoms with van der Waals surface area (Å²) in [6.07, 6.45) is 0. The minimum Gasteiger partial charge on any atom is -0.310 e. The van der Waals surface area contributed by atoms with Gasteiger partial charge in [-0.15, -0.1) is 11.3 Å². The van der Waals surface area contributed by atoms with Crippen molar-refractivity contribution in [2.75, 3.05) is 4.90 Å². The zero-order chi connectivity index (χ0) is 34.6. The predicted molar refractivity (Wildman–Crippen MR) is 222 cm³/mol. The highest BCUT2D eigenvalue weighted by molar-refractivity contribution is 7.25. The Morgan fingerprint density at radius 1 is 0.423 bits per heavy atom. The summed E-state index contributed by atoms with van der Waals surface area (Å²) >= 11 is 1.88. The van der Waals surface area contributed by atoms with Gasteiger partial charge in [-0.25, -0.2) is 0 Å². The van der Waals surface area contributed by atoms with Crippen molar-refractivity contribution in [3.8, 4) is 33.4 Å². The summed E-state index contributed by atoms with van der Waals surface area (Å²) in [5.41, 5.74) is 14.7. The average Bonchev–Trinajstić information content (AvgIpc) is 3.72. The molecule has 10 rings (SSSR count). The fraction of sp³-hybridized carbons (Fsp3) is 0.0400. The van der Waals surface area contributed by atoms with Gasteiger partial charge in [-0.1, -0.05) is 158 Å². The maximum atomic E-state index is 2.47. The standard InChI is InChI=1S/C50H35NS/c1-50(38-18-9-4-10-19-38)44-21-12-11-20-43(44)49-45(50)22-13-23-46(49)51(39-27-24-36(25-28-39)34-14-5-2-6-15-34)40-29-31-42-41-30-26-37(35-16-7-3-8-17-35)32-47(41)52-48(42)33-40/h2-33H,1H3. The minimum absolute atomic E-state index is 0.280. The number of fused-ring (bicyclic) bond motifs is 6. The topological polar surface area (TPSA) is 3.24 Å². The molecule has 1 aliphatic rings. The summed E-state index contributed by atoms with van der Waals surface area (Å²) in [5, 5.41) is 2.60. The Kier molecular flexibility index (Phi) is 7.19. The molecular weight excluding hydrogens is 647 g/mol. The number of thiophene rings is 1. The van der Waals surface area contributed by atoms with Gasteiger partial charge in [0.25, 0.3) is 0 Å². The highest BCUT2D eigenvalue weighted by atomic mass is 32.1. The van der Waals surface area contributed by atoms with E-state index in [1.54, 1.807) is 0 Å². The Balaban J connectivity index is 1.18. The normalized spacial score (nSPS) is 14.7. The van der Waals surface area contributed by atoms with Crippen LogP contribution < -0.4 is 4.90 Å². The van der Waals surface area contributed by atoms with Crippen molar-refractivity contribution in [3.63, 3.8) is 0 Å². The Morgan fingerprint density at radius 3 is 1.69 bits per heavy atom. The fourth-order valence-electron chi connectivity index (χ4n) is 8.37. The molecule has 1 nitrogen and oxygen atoms in total. The van der Waals surface area contributed by atoms with Gasteiger partial charge in [0.15, 0.2) is 0 Å². The highest BCUT2D eigenvalue weighted by Crippen LogP contribution is 2.57. The second kappa shape index (κ2) is 12.2. The van der Waals surface area contributed by atoms with Gasteiger partial charge in [0.2, 0.25) is 0 Å². The molecule has 1 aliphatic carbocycles. The summed E-state index contributed by atoms with van der Waals surface area (Å²) in [7, 11) is 0. The van der Waals surface area contributed by atoms with Crippen LogP contribution in [0.15, 0.2) is 194 Å². The van der Waals surface area contributed by atoms with Gasteiger partial charge in [-0.3, -0.25) is 0 Å². The fourth-order valence-corrected chi connectivity index (χ4v) is 9.55. The summed E-state index contributed by atoms with van der Waals surface area (Å²) in [5.74, 6) is 0. The first-order valence-electron chi connectivity index (χ1n) is 17.9. The van der Waals surface area contributed by atoms with Crippen LogP contribution in [-0.2, 0) is 5.41 Å². The lowest BCUT2D eigenvalue weighted by atomic mass is 9.74. The van der Waals surface area contributed by atoms with E-state index < -0.39 is 0 Å². The van der Waals surface area contributed by atoms with E-state index in [1.807, 2.05) is 11.3 Å². The number of anilines is 3. The van der Waals surface area contributed by atoms with E-state index in [0.29, 0.717) is 0 Å². The smallest absolute Gasteiger partial charge is 0.0543 e. The molecule has 52 heavy (non-hydrogen) atoms. The molecule has 0 bridgehead atoms. The molecule has 1 atom stereocenters. The lowest BCUT2D eigenvalue weighted by Crippen LogP contribution is -2.22. The molecule has 1 heterocycles. The summed E-state index contributed by atoms with van der Waals surface area (Å²) in [4.78, 5) is 2.47. The molecule has 0 spiro atoms. The van der Waals surface area contributed by atoms with Crippen LogP contribution in [0.3, 0.4) is 0 Å². The van der Waals surface area contributed by atoms with E-state index in [2.05, 4.69) is 206 Å². The third kappa shape index (κ3) is 4.83. The number of hydrogen-bond acceptors (Lipinski definition) is 2. The van der Waals surface area contributed by atoms with Crippen molar-refractivity contribution >= 4 is 48.6 Å². The van der Waals surface area contributed by atoms with E-state index in [0.717, 1.165) is 11.4 Å². The monoisotopic (exact) mass is 681 g/mol. The van der Waals surface area contributed by atoms with Crippen molar-refractivity contribution in [2.24, 2.45) is 0 Å². The molecule has 0 saturated heterocycles. The second-order valence-electron chi connectivity index (χ2n) is 13.8. The van der Waals surface area contributed by atoms with Gasteiger partial charge in [0.05, 0.1) is 5.69 Å². The molecule has 0 aliphatic heterocycles. The van der Waals surface area contributed by atoms with Gasteiger partial charge >= 0.3 is 0 Å². The first kappa shape index (κ1) is 30.6. The van der Waals surface area contributed by atoms with Crippen LogP contribution in [0.25, 0.3) is 53.6 Å². The first-order chi connectivity index (χ1) is 25.7. The molecule has 1 unspecified atom stereocenters. The molecule has 0 saturated carbocycles. The van der Waals surface area contributed by atoms with Crippen LogP contribution in [0.1, 0.15) is 23.6 Å². The van der Waals surface area contributed by atoms with Gasteiger partial charge in [-0.05, 0) is 87.8 Å². The predicted octanol–water partition coefficient (Wildman–Crippen LogP) is 14.2. The summed E-state index contributed by atoms with van der Waals surface area (Å²) in [6.45, 7) is 2.39. The van der Waals surface area contributed by atoms with Crippen LogP contribution in [0.2, 0.25) is 0 Å². The van der Waals surface area contributed by atoms with Gasteiger partial charge < -0.3 is 4.90 Å². The second-order valence-corrected chi connectivity index (χ2v) is 14.9. The number of rotatable bonds is 6. The van der Waals surface area contributed by atoms with Gasteiger partial charge in [0, 0.05) is 42.5 Å². The Bertz CT molecular complexity index is 2730. The molecule has 0 radical (unpaired) electrons. The number of hydrogen-bond donors (Lipinski definition) is 0. The molecule has 9 aromatic rings. The van der Waals surface area contributed by atoms with E-state index in [-0.39, 0.29) is 5.41 Å². The molecule has 246 valence electrons. The summed E-state index contributed by atoms with van der Waals surface area (Å²) < 4.78 is 2.59. The molecule has 8 aromatic carbocycles. The van der Waals surface area contributed by atoms with Crippen molar-refractivity contribution in [2.45, 2.75) is 12.3 Å². The molecule has 0 fully saturated rings. The molecule has 2 heteroatoms. The SMILES string of the molecule is CC1(c2ccccc2)c2ccccc2-c2c(N(c3ccc(-c4ccccc4)cc3)c3ccc4c(c3)sc3cc(-c5ccccc5)ccc34)cccc21. The van der Waals surface area contributed by atoms with Gasteiger partial charge in [0.1, 0.15) is 0 Å². The molecule has 1 aromatic heterocycles. The van der Waals surface area contributed by atoms with Crippen LogP contribution in [0.4, 0.5) is 17.1 Å². The van der Waals surface area contributed by atoms with Crippen molar-refractivity contribution < 1.29 is 0 Å². The quantitative estimate of drug-likeness (QED) is 0.169. The lowest BCUT2D eigenvalue weighted by molar-refractivity contribution is 0.714. The summed E-state index contributed by atoms with van der Waals surface area (Å²) in [6, 6.07) is 71.2. The van der Waals surface area contributed by atoms with Crippen molar-refractivity contribution in [1.29, 1.82) is 0 Å². The highest BCUT2D eigenvalue weighted by Gasteiger charge is 2.42.